The molecule has 3 heterocycles. The summed E-state index contributed by atoms with van der Waals surface area (Å²) in [7, 11) is 2.07. The van der Waals surface area contributed by atoms with Crippen molar-refractivity contribution < 1.29 is 9.53 Å². The Hall–Kier alpha value is -3.06. The van der Waals surface area contributed by atoms with Crippen LogP contribution >= 0.6 is 11.6 Å². The van der Waals surface area contributed by atoms with Crippen molar-refractivity contribution in [3.8, 4) is 22.4 Å². The van der Waals surface area contributed by atoms with Crippen LogP contribution in [-0.4, -0.2) is 59.0 Å². The zero-order valence-electron chi connectivity index (χ0n) is 17.7. The van der Waals surface area contributed by atoms with Crippen molar-refractivity contribution in [1.82, 2.24) is 20.1 Å². The highest BCUT2D eigenvalue weighted by atomic mass is 35.5. The van der Waals surface area contributed by atoms with Gasteiger partial charge < -0.3 is 14.5 Å². The number of H-pyrrole nitrogens is 1. The van der Waals surface area contributed by atoms with Crippen LogP contribution in [-0.2, 0) is 4.74 Å². The van der Waals surface area contributed by atoms with E-state index in [9.17, 15) is 4.79 Å². The molecule has 4 rings (SSSR count). The number of carbonyl (C=O) groups is 1. The highest BCUT2D eigenvalue weighted by molar-refractivity contribution is 6.30. The highest BCUT2D eigenvalue weighted by Gasteiger charge is 2.29. The van der Waals surface area contributed by atoms with E-state index in [-0.39, 0.29) is 12.1 Å². The summed E-state index contributed by atoms with van der Waals surface area (Å²) >= 11 is 6.09. The number of anilines is 1. The van der Waals surface area contributed by atoms with Crippen molar-refractivity contribution >= 4 is 23.5 Å². The molecule has 1 aliphatic rings. The Bertz CT molecular complexity index is 1010. The number of nitrogens with one attached hydrogen (secondary N) is 1. The molecular weight excluding hydrogens is 414 g/mol. The molecule has 3 aromatic rings. The summed E-state index contributed by atoms with van der Waals surface area (Å²) in [5.74, 6) is 0.880. The molecule has 1 fully saturated rings. The van der Waals surface area contributed by atoms with Gasteiger partial charge in [0, 0.05) is 49.2 Å². The Morgan fingerprint density at radius 2 is 1.84 bits per heavy atom. The van der Waals surface area contributed by atoms with Crippen LogP contribution < -0.4 is 4.90 Å². The van der Waals surface area contributed by atoms with E-state index in [2.05, 4.69) is 22.0 Å². The van der Waals surface area contributed by atoms with Gasteiger partial charge in [0.1, 0.15) is 0 Å². The van der Waals surface area contributed by atoms with Crippen molar-refractivity contribution in [1.29, 1.82) is 0 Å². The first-order valence-electron chi connectivity index (χ1n) is 10.5. The third-order valence-electron chi connectivity index (χ3n) is 5.72. The number of hydrogen-bond acceptors (Lipinski definition) is 5. The number of ether oxygens (including phenoxy) is 1. The summed E-state index contributed by atoms with van der Waals surface area (Å²) in [5, 5.41) is 8.62. The van der Waals surface area contributed by atoms with Crippen LogP contribution in [0.4, 0.5) is 10.6 Å². The van der Waals surface area contributed by atoms with Gasteiger partial charge in [-0.15, -0.1) is 0 Å². The smallest absolute Gasteiger partial charge is 0.409 e. The van der Waals surface area contributed by atoms with E-state index in [0.717, 1.165) is 41.0 Å². The average Bonchev–Trinajstić information content (AvgIpc) is 3.25. The van der Waals surface area contributed by atoms with Crippen molar-refractivity contribution in [2.75, 3.05) is 31.6 Å². The number of halogens is 1. The van der Waals surface area contributed by atoms with Gasteiger partial charge in [0.05, 0.1) is 17.9 Å². The summed E-state index contributed by atoms with van der Waals surface area (Å²) in [4.78, 5) is 20.2. The number of hydrogen-bond donors (Lipinski definition) is 1. The lowest BCUT2D eigenvalue weighted by molar-refractivity contribution is 0.0970. The fraction of sp³-hybridized carbons (Fsp3) is 0.348. The van der Waals surface area contributed by atoms with Gasteiger partial charge in [0.25, 0.3) is 0 Å². The van der Waals surface area contributed by atoms with E-state index < -0.39 is 0 Å². The summed E-state index contributed by atoms with van der Waals surface area (Å²) in [6.45, 7) is 3.57. The fourth-order valence-corrected chi connectivity index (χ4v) is 4.15. The maximum absolute atomic E-state index is 12.0. The van der Waals surface area contributed by atoms with Gasteiger partial charge in [-0.3, -0.25) is 10.1 Å². The minimum atomic E-state index is -0.231. The fourth-order valence-electron chi connectivity index (χ4n) is 4.03. The van der Waals surface area contributed by atoms with Gasteiger partial charge in [0.2, 0.25) is 0 Å². The molecule has 0 spiro atoms. The van der Waals surface area contributed by atoms with Crippen LogP contribution in [0.1, 0.15) is 19.8 Å². The van der Waals surface area contributed by atoms with E-state index in [1.54, 1.807) is 17.3 Å². The Balaban J connectivity index is 1.63. The zero-order valence-corrected chi connectivity index (χ0v) is 18.5. The first kappa shape index (κ1) is 21.2. The van der Waals surface area contributed by atoms with E-state index in [1.807, 2.05) is 43.3 Å². The maximum atomic E-state index is 12.0. The number of pyridine rings is 1. The van der Waals surface area contributed by atoms with Crippen molar-refractivity contribution in [3.63, 3.8) is 0 Å². The normalized spacial score (nSPS) is 14.5. The second kappa shape index (κ2) is 9.39. The molecule has 0 saturated carbocycles. The second-order valence-corrected chi connectivity index (χ2v) is 8.00. The van der Waals surface area contributed by atoms with E-state index in [1.165, 1.54) is 0 Å². The van der Waals surface area contributed by atoms with Gasteiger partial charge >= 0.3 is 6.09 Å². The lowest BCUT2D eigenvalue weighted by atomic mass is 9.99. The van der Waals surface area contributed by atoms with Gasteiger partial charge in [0.15, 0.2) is 5.82 Å². The summed E-state index contributed by atoms with van der Waals surface area (Å²) in [6.07, 6.45) is 5.05. The Morgan fingerprint density at radius 1 is 1.16 bits per heavy atom. The van der Waals surface area contributed by atoms with Gasteiger partial charge in [-0.1, -0.05) is 23.7 Å². The van der Waals surface area contributed by atoms with Crippen LogP contribution in [0.2, 0.25) is 5.02 Å². The second-order valence-electron chi connectivity index (χ2n) is 7.57. The Morgan fingerprint density at radius 3 is 2.48 bits per heavy atom. The minimum Gasteiger partial charge on any atom is -0.450 e. The molecule has 0 unspecified atom stereocenters. The van der Waals surface area contributed by atoms with Gasteiger partial charge in [-0.25, -0.2) is 4.79 Å². The SMILES string of the molecule is CCOC(=O)N1CCC(N(C)c2n[nH]c(-c3ccc(Cl)cc3)c2-c2ccncc2)CC1. The third kappa shape index (κ3) is 4.51. The van der Waals surface area contributed by atoms with Gasteiger partial charge in [-0.2, -0.15) is 5.10 Å². The van der Waals surface area contributed by atoms with Crippen LogP contribution in [0.3, 0.4) is 0 Å². The lowest BCUT2D eigenvalue weighted by Crippen LogP contribution is -2.46. The van der Waals surface area contributed by atoms with Crippen LogP contribution in [0.5, 0.6) is 0 Å². The number of nitrogens with zero attached hydrogens (tertiary/aromatic N) is 4. The number of carbonyl (C=O) groups excluding carboxylic acids is 1. The molecule has 1 amide bonds. The van der Waals surface area contributed by atoms with Crippen molar-refractivity contribution in [2.24, 2.45) is 0 Å². The molecule has 0 aliphatic carbocycles. The molecule has 1 saturated heterocycles. The quantitative estimate of drug-likeness (QED) is 0.615. The summed E-state index contributed by atoms with van der Waals surface area (Å²) in [6, 6.07) is 12.0. The van der Waals surface area contributed by atoms with E-state index >= 15 is 0 Å². The predicted molar refractivity (Wildman–Crippen MR) is 122 cm³/mol. The number of rotatable bonds is 5. The van der Waals surface area contributed by atoms with Crippen LogP contribution in [0.15, 0.2) is 48.8 Å². The van der Waals surface area contributed by atoms with E-state index in [4.69, 9.17) is 21.4 Å². The number of piperidine rings is 1. The standard InChI is InChI=1S/C23H26ClN5O2/c1-3-31-23(30)29-14-10-19(11-15-29)28(2)22-20(16-8-12-25-13-9-16)21(26-27-22)17-4-6-18(24)7-5-17/h4-9,12-13,19H,3,10-11,14-15H2,1-2H3,(H,26,27). The highest BCUT2D eigenvalue weighted by Crippen LogP contribution is 2.39. The summed E-state index contributed by atoms with van der Waals surface area (Å²) < 4.78 is 5.14. The lowest BCUT2D eigenvalue weighted by Gasteiger charge is -2.36. The Kier molecular flexibility index (Phi) is 6.42. The number of benzene rings is 1. The molecule has 31 heavy (non-hydrogen) atoms. The summed E-state index contributed by atoms with van der Waals surface area (Å²) in [5.41, 5.74) is 4.02. The van der Waals surface area contributed by atoms with Crippen LogP contribution in [0, 0.1) is 0 Å². The molecule has 1 aromatic carbocycles. The molecule has 2 aromatic heterocycles. The Labute approximate surface area is 187 Å². The first-order chi connectivity index (χ1) is 15.1. The third-order valence-corrected chi connectivity index (χ3v) is 5.97. The molecule has 162 valence electrons. The monoisotopic (exact) mass is 439 g/mol. The molecular formula is C23H26ClN5O2. The molecule has 0 bridgehead atoms. The zero-order chi connectivity index (χ0) is 21.8. The molecule has 0 atom stereocenters. The number of likely N-dealkylation sites (tertiary alicyclic amines) is 1. The van der Waals surface area contributed by atoms with Crippen molar-refractivity contribution in [2.45, 2.75) is 25.8 Å². The maximum Gasteiger partial charge on any atom is 0.409 e. The van der Waals surface area contributed by atoms with Crippen LogP contribution in [0.25, 0.3) is 22.4 Å². The molecule has 7 nitrogen and oxygen atoms in total. The van der Waals surface area contributed by atoms with Gasteiger partial charge in [-0.05, 0) is 49.6 Å². The predicted octanol–water partition coefficient (Wildman–Crippen LogP) is 4.85. The molecule has 8 heteroatoms. The number of aromatic amines is 1. The number of aromatic nitrogens is 3. The molecule has 0 radical (unpaired) electrons. The topological polar surface area (TPSA) is 74.3 Å². The van der Waals surface area contributed by atoms with E-state index in [0.29, 0.717) is 24.7 Å². The first-order valence-corrected chi connectivity index (χ1v) is 10.9. The molecule has 1 aliphatic heterocycles. The van der Waals surface area contributed by atoms with Crippen molar-refractivity contribution in [3.05, 3.63) is 53.8 Å². The molecule has 1 N–H and O–H groups in total. The largest absolute Gasteiger partial charge is 0.450 e. The average molecular weight is 440 g/mol. The minimum absolute atomic E-state index is 0.231. The number of amides is 1.